The van der Waals surface area contributed by atoms with Gasteiger partial charge in [0, 0.05) is 28.1 Å². The van der Waals surface area contributed by atoms with E-state index in [-0.39, 0.29) is 24.4 Å². The van der Waals surface area contributed by atoms with E-state index in [1.54, 1.807) is 18.2 Å². The van der Waals surface area contributed by atoms with Crippen molar-refractivity contribution < 1.29 is 4.79 Å². The highest BCUT2D eigenvalue weighted by Gasteiger charge is 2.13. The van der Waals surface area contributed by atoms with Gasteiger partial charge in [0.25, 0.3) is 5.56 Å². The predicted octanol–water partition coefficient (Wildman–Crippen LogP) is 5.36. The van der Waals surface area contributed by atoms with Crippen LogP contribution in [0.3, 0.4) is 0 Å². The molecule has 0 aliphatic rings. The number of amides is 1. The molecule has 4 rings (SSSR count). The van der Waals surface area contributed by atoms with Gasteiger partial charge in [-0.2, -0.15) is 5.10 Å². The summed E-state index contributed by atoms with van der Waals surface area (Å²) in [5.74, 6) is -0.165. The molecule has 0 spiro atoms. The van der Waals surface area contributed by atoms with Gasteiger partial charge in [0.1, 0.15) is 0 Å². The molecular formula is C25H22ClN3O2. The van der Waals surface area contributed by atoms with E-state index in [1.165, 1.54) is 4.68 Å². The molecule has 0 saturated carbocycles. The van der Waals surface area contributed by atoms with Gasteiger partial charge in [0.15, 0.2) is 0 Å². The largest absolute Gasteiger partial charge is 0.326 e. The van der Waals surface area contributed by atoms with E-state index in [2.05, 4.69) is 10.4 Å². The smallest absolute Gasteiger partial charge is 0.274 e. The maximum absolute atomic E-state index is 13.0. The summed E-state index contributed by atoms with van der Waals surface area (Å²) in [5.41, 5.74) is 4.23. The Morgan fingerprint density at radius 2 is 1.71 bits per heavy atom. The van der Waals surface area contributed by atoms with Crippen LogP contribution in [0, 0.1) is 13.8 Å². The zero-order chi connectivity index (χ0) is 22.0. The van der Waals surface area contributed by atoms with Crippen LogP contribution in [0.15, 0.2) is 71.5 Å². The van der Waals surface area contributed by atoms with Gasteiger partial charge in [0.05, 0.1) is 17.6 Å². The van der Waals surface area contributed by atoms with Crippen LogP contribution in [0.25, 0.3) is 22.0 Å². The van der Waals surface area contributed by atoms with E-state index in [9.17, 15) is 9.59 Å². The monoisotopic (exact) mass is 431 g/mol. The fourth-order valence-electron chi connectivity index (χ4n) is 3.58. The van der Waals surface area contributed by atoms with Crippen LogP contribution in [0.5, 0.6) is 0 Å². The first-order chi connectivity index (χ1) is 14.9. The van der Waals surface area contributed by atoms with Crippen molar-refractivity contribution in [3.63, 3.8) is 0 Å². The number of nitrogens with one attached hydrogen (secondary N) is 1. The molecule has 1 N–H and O–H groups in total. The lowest BCUT2D eigenvalue weighted by Gasteiger charge is -2.12. The summed E-state index contributed by atoms with van der Waals surface area (Å²) >= 11 is 6.02. The average molecular weight is 432 g/mol. The fourth-order valence-corrected chi connectivity index (χ4v) is 3.71. The Morgan fingerprint density at radius 3 is 2.42 bits per heavy atom. The summed E-state index contributed by atoms with van der Waals surface area (Å²) in [6, 6.07) is 20.6. The zero-order valence-electron chi connectivity index (χ0n) is 17.4. The lowest BCUT2D eigenvalue weighted by Crippen LogP contribution is -2.26. The highest BCUT2D eigenvalue weighted by molar-refractivity contribution is 6.30. The number of anilines is 1. The molecule has 4 aromatic rings. The van der Waals surface area contributed by atoms with Crippen LogP contribution >= 0.6 is 11.6 Å². The van der Waals surface area contributed by atoms with Crippen molar-refractivity contribution in [3.8, 4) is 11.3 Å². The molecule has 0 fully saturated rings. The maximum Gasteiger partial charge on any atom is 0.274 e. The maximum atomic E-state index is 13.0. The molecule has 0 radical (unpaired) electrons. The lowest BCUT2D eigenvalue weighted by molar-refractivity contribution is -0.116. The number of rotatable bonds is 5. The quantitative estimate of drug-likeness (QED) is 0.462. The van der Waals surface area contributed by atoms with E-state index < -0.39 is 0 Å². The molecule has 3 aromatic carbocycles. The van der Waals surface area contributed by atoms with Crippen molar-refractivity contribution >= 4 is 34.0 Å². The topological polar surface area (TPSA) is 64.0 Å². The molecule has 0 saturated heterocycles. The molecule has 1 heterocycles. The molecule has 6 heteroatoms. The van der Waals surface area contributed by atoms with Gasteiger partial charge in [-0.1, -0.05) is 59.6 Å². The van der Waals surface area contributed by atoms with Crippen LogP contribution in [-0.2, 0) is 11.3 Å². The standard InChI is InChI=1S/C25H22ClN3O2/c1-16-7-12-22(17(2)15-16)27-23(30)13-14-29-25(31)21-6-4-3-5-20(21)24(28-29)18-8-10-19(26)11-9-18/h3-12,15H,13-14H2,1-2H3,(H,27,30). The molecular weight excluding hydrogens is 410 g/mol. The Bertz CT molecular complexity index is 1330. The molecule has 156 valence electrons. The second-order valence-electron chi connectivity index (χ2n) is 7.55. The number of nitrogens with zero attached hydrogens (tertiary/aromatic N) is 2. The van der Waals surface area contributed by atoms with Crippen molar-refractivity contribution in [2.45, 2.75) is 26.8 Å². The van der Waals surface area contributed by atoms with Crippen molar-refractivity contribution in [2.24, 2.45) is 0 Å². The summed E-state index contributed by atoms with van der Waals surface area (Å²) in [6.07, 6.45) is 0.138. The van der Waals surface area contributed by atoms with Gasteiger partial charge < -0.3 is 5.32 Å². The summed E-state index contributed by atoms with van der Waals surface area (Å²) in [6.45, 7) is 4.14. The molecule has 5 nitrogen and oxygen atoms in total. The summed E-state index contributed by atoms with van der Waals surface area (Å²) in [4.78, 5) is 25.5. The number of hydrogen-bond donors (Lipinski definition) is 1. The Morgan fingerprint density at radius 1 is 1.00 bits per heavy atom. The molecule has 0 aliphatic carbocycles. The first-order valence-electron chi connectivity index (χ1n) is 10.1. The highest BCUT2D eigenvalue weighted by atomic mass is 35.5. The van der Waals surface area contributed by atoms with Gasteiger partial charge in [0.2, 0.25) is 5.91 Å². The van der Waals surface area contributed by atoms with Crippen LogP contribution in [-0.4, -0.2) is 15.7 Å². The van der Waals surface area contributed by atoms with E-state index in [4.69, 9.17) is 11.6 Å². The van der Waals surface area contributed by atoms with Crippen molar-refractivity contribution in [1.29, 1.82) is 0 Å². The minimum absolute atomic E-state index is 0.138. The third kappa shape index (κ3) is 4.52. The molecule has 0 bridgehead atoms. The molecule has 0 atom stereocenters. The van der Waals surface area contributed by atoms with Gasteiger partial charge in [-0.3, -0.25) is 9.59 Å². The van der Waals surface area contributed by atoms with Crippen LogP contribution in [0.1, 0.15) is 17.5 Å². The number of carbonyl (C=O) groups is 1. The second-order valence-corrected chi connectivity index (χ2v) is 7.98. The lowest BCUT2D eigenvalue weighted by atomic mass is 10.1. The Kier molecular flexibility index (Phi) is 5.87. The van der Waals surface area contributed by atoms with Crippen LogP contribution in [0.4, 0.5) is 5.69 Å². The molecule has 31 heavy (non-hydrogen) atoms. The molecule has 1 amide bonds. The summed E-state index contributed by atoms with van der Waals surface area (Å²) in [7, 11) is 0. The SMILES string of the molecule is Cc1ccc(NC(=O)CCn2nc(-c3ccc(Cl)cc3)c3ccccc3c2=O)c(C)c1. The van der Waals surface area contributed by atoms with E-state index in [0.29, 0.717) is 16.1 Å². The summed E-state index contributed by atoms with van der Waals surface area (Å²) < 4.78 is 1.37. The van der Waals surface area contributed by atoms with E-state index in [1.807, 2.05) is 62.4 Å². The number of aryl methyl sites for hydroxylation is 3. The van der Waals surface area contributed by atoms with Crippen molar-refractivity contribution in [1.82, 2.24) is 9.78 Å². The number of halogens is 1. The number of fused-ring (bicyclic) bond motifs is 1. The highest BCUT2D eigenvalue weighted by Crippen LogP contribution is 2.26. The zero-order valence-corrected chi connectivity index (χ0v) is 18.1. The fraction of sp³-hybridized carbons (Fsp3) is 0.160. The third-order valence-corrected chi connectivity index (χ3v) is 5.44. The van der Waals surface area contributed by atoms with Crippen LogP contribution in [0.2, 0.25) is 5.02 Å². The molecule has 0 unspecified atom stereocenters. The number of benzene rings is 3. The van der Waals surface area contributed by atoms with Crippen molar-refractivity contribution in [3.05, 3.63) is 93.2 Å². The minimum atomic E-state index is -0.215. The van der Waals surface area contributed by atoms with Gasteiger partial charge in [-0.15, -0.1) is 0 Å². The first kappa shape index (κ1) is 20.8. The van der Waals surface area contributed by atoms with E-state index in [0.717, 1.165) is 27.8 Å². The molecule has 0 aliphatic heterocycles. The number of carbonyl (C=O) groups excluding carboxylic acids is 1. The van der Waals surface area contributed by atoms with Gasteiger partial charge in [-0.05, 0) is 43.7 Å². The average Bonchev–Trinajstić information content (AvgIpc) is 2.76. The first-order valence-corrected chi connectivity index (χ1v) is 10.4. The minimum Gasteiger partial charge on any atom is -0.326 e. The normalized spacial score (nSPS) is 10.9. The Labute approximate surface area is 185 Å². The van der Waals surface area contributed by atoms with E-state index >= 15 is 0 Å². The second kappa shape index (κ2) is 8.74. The third-order valence-electron chi connectivity index (χ3n) is 5.19. The Balaban J connectivity index is 1.63. The van der Waals surface area contributed by atoms with Gasteiger partial charge in [-0.25, -0.2) is 4.68 Å². The number of hydrogen-bond acceptors (Lipinski definition) is 3. The number of aromatic nitrogens is 2. The predicted molar refractivity (Wildman–Crippen MR) is 126 cm³/mol. The Hall–Kier alpha value is -3.44. The molecule has 1 aromatic heterocycles. The summed E-state index contributed by atoms with van der Waals surface area (Å²) in [5, 5.41) is 9.47. The van der Waals surface area contributed by atoms with Gasteiger partial charge >= 0.3 is 0 Å². The van der Waals surface area contributed by atoms with Crippen LogP contribution < -0.4 is 10.9 Å². The van der Waals surface area contributed by atoms with Crippen molar-refractivity contribution in [2.75, 3.05) is 5.32 Å².